The van der Waals surface area contributed by atoms with Crippen LogP contribution in [0.1, 0.15) is 5.56 Å². The van der Waals surface area contributed by atoms with E-state index < -0.39 is 0 Å². The van der Waals surface area contributed by atoms with Gasteiger partial charge in [0.2, 0.25) is 0 Å². The van der Waals surface area contributed by atoms with E-state index in [4.69, 9.17) is 16.6 Å². The van der Waals surface area contributed by atoms with E-state index in [1.165, 1.54) is 23.0 Å². The Kier molecular flexibility index (Phi) is 6.07. The molecule has 7 heteroatoms. The molecule has 150 valence electrons. The number of thiazole rings is 1. The molecule has 1 heterocycles. The Morgan fingerprint density at radius 1 is 1.00 bits per heavy atom. The fourth-order valence-corrected chi connectivity index (χ4v) is 4.24. The maximum atomic E-state index is 11.2. The van der Waals surface area contributed by atoms with Crippen LogP contribution in [0.3, 0.4) is 0 Å². The van der Waals surface area contributed by atoms with Crippen LogP contribution in [-0.4, -0.2) is 9.49 Å². The molecule has 4 rings (SSSR count). The van der Waals surface area contributed by atoms with Gasteiger partial charge in [0.1, 0.15) is 0 Å². The van der Waals surface area contributed by atoms with Crippen LogP contribution >= 0.6 is 22.9 Å². The second-order valence-electron chi connectivity index (χ2n) is 6.69. The molecule has 0 fully saturated rings. The lowest BCUT2D eigenvalue weighted by Gasteiger charge is -2.10. The summed E-state index contributed by atoms with van der Waals surface area (Å²) in [5.41, 5.74) is 3.81. The third kappa shape index (κ3) is 4.67. The molecule has 0 amide bonds. The van der Waals surface area contributed by atoms with Crippen LogP contribution in [0.25, 0.3) is 11.3 Å². The molecule has 0 saturated heterocycles. The van der Waals surface area contributed by atoms with Crippen molar-refractivity contribution < 1.29 is 4.92 Å². The summed E-state index contributed by atoms with van der Waals surface area (Å²) in [5.74, 6) is 0. The van der Waals surface area contributed by atoms with E-state index in [9.17, 15) is 10.1 Å². The number of halogens is 1. The molecule has 3 aromatic carbocycles. The van der Waals surface area contributed by atoms with Crippen molar-refractivity contribution in [3.8, 4) is 11.3 Å². The van der Waals surface area contributed by atoms with Gasteiger partial charge in [-0.1, -0.05) is 54.1 Å². The van der Waals surface area contributed by atoms with Gasteiger partial charge in [-0.05, 0) is 36.2 Å². The van der Waals surface area contributed by atoms with E-state index in [0.717, 1.165) is 28.2 Å². The molecule has 0 unspecified atom stereocenters. The molecule has 0 aliphatic heterocycles. The van der Waals surface area contributed by atoms with Crippen LogP contribution in [-0.2, 0) is 13.0 Å². The number of nitro benzene ring substituents is 1. The summed E-state index contributed by atoms with van der Waals surface area (Å²) in [6, 6.07) is 24.3. The third-order valence-corrected chi connectivity index (χ3v) is 5.78. The molecular weight excluding hydrogens is 418 g/mol. The van der Waals surface area contributed by atoms with Crippen LogP contribution < -0.4 is 4.80 Å². The zero-order valence-corrected chi connectivity index (χ0v) is 17.5. The van der Waals surface area contributed by atoms with Crippen molar-refractivity contribution in [3.05, 3.63) is 110 Å². The molecule has 0 aliphatic rings. The Morgan fingerprint density at radius 3 is 2.50 bits per heavy atom. The van der Waals surface area contributed by atoms with Gasteiger partial charge in [0.15, 0.2) is 4.80 Å². The molecule has 0 N–H and O–H groups in total. The summed E-state index contributed by atoms with van der Waals surface area (Å²) in [6.45, 7) is 0.706. The lowest BCUT2D eigenvalue weighted by molar-refractivity contribution is -0.384. The molecule has 0 spiro atoms. The third-order valence-electron chi connectivity index (χ3n) is 4.67. The second-order valence-corrected chi connectivity index (χ2v) is 7.96. The monoisotopic (exact) mass is 435 g/mol. The van der Waals surface area contributed by atoms with Crippen molar-refractivity contribution in [3.63, 3.8) is 0 Å². The summed E-state index contributed by atoms with van der Waals surface area (Å²) in [5, 5.41) is 13.9. The molecule has 0 bridgehead atoms. The van der Waals surface area contributed by atoms with E-state index in [-0.39, 0.29) is 10.6 Å². The lowest BCUT2D eigenvalue weighted by atomic mass is 10.1. The Morgan fingerprint density at radius 2 is 1.77 bits per heavy atom. The van der Waals surface area contributed by atoms with E-state index in [2.05, 4.69) is 16.7 Å². The molecule has 0 aliphatic carbocycles. The highest BCUT2D eigenvalue weighted by atomic mass is 35.5. The first-order valence-corrected chi connectivity index (χ1v) is 10.6. The molecule has 4 aromatic rings. The second kappa shape index (κ2) is 9.07. The minimum Gasteiger partial charge on any atom is -0.316 e. The fourth-order valence-electron chi connectivity index (χ4n) is 3.16. The predicted molar refractivity (Wildman–Crippen MR) is 121 cm³/mol. The zero-order valence-electron chi connectivity index (χ0n) is 15.9. The first-order valence-electron chi connectivity index (χ1n) is 9.37. The number of nitro groups is 1. The molecule has 1 aromatic heterocycles. The maximum Gasteiger partial charge on any atom is 0.270 e. The molecule has 5 nitrogen and oxygen atoms in total. The number of benzene rings is 3. The average Bonchev–Trinajstić information content (AvgIpc) is 3.17. The van der Waals surface area contributed by atoms with Crippen LogP contribution in [0.4, 0.5) is 11.4 Å². The van der Waals surface area contributed by atoms with Gasteiger partial charge in [-0.2, -0.15) is 0 Å². The number of aromatic nitrogens is 1. The Labute approximate surface area is 182 Å². The van der Waals surface area contributed by atoms with Gasteiger partial charge in [-0.3, -0.25) is 10.1 Å². The first-order chi connectivity index (χ1) is 14.6. The SMILES string of the molecule is O=[N+]([O-])c1cccc(-c2csc(=Nc3ccc(Cl)cc3)n2CCc2ccccc2)c1. The Bertz CT molecular complexity index is 1230. The summed E-state index contributed by atoms with van der Waals surface area (Å²) in [4.78, 5) is 16.5. The number of non-ortho nitro benzene ring substituents is 1. The Hall–Kier alpha value is -3.22. The van der Waals surface area contributed by atoms with Crippen molar-refractivity contribution in [1.29, 1.82) is 0 Å². The van der Waals surface area contributed by atoms with Gasteiger partial charge in [0, 0.05) is 34.6 Å². The molecular formula is C23H18ClN3O2S. The highest BCUT2D eigenvalue weighted by molar-refractivity contribution is 7.07. The van der Waals surface area contributed by atoms with Crippen LogP contribution in [0, 0.1) is 10.1 Å². The van der Waals surface area contributed by atoms with Crippen molar-refractivity contribution in [2.24, 2.45) is 4.99 Å². The van der Waals surface area contributed by atoms with Gasteiger partial charge in [-0.15, -0.1) is 11.3 Å². The maximum absolute atomic E-state index is 11.2. The predicted octanol–water partition coefficient (Wildman–Crippen LogP) is 6.25. The minimum atomic E-state index is -0.372. The van der Waals surface area contributed by atoms with E-state index in [1.807, 2.05) is 53.9 Å². The standard InChI is InChI=1S/C23H18ClN3O2S/c24-19-9-11-20(12-10-19)25-23-26(14-13-17-5-2-1-3-6-17)22(16-30-23)18-7-4-8-21(15-18)27(28)29/h1-12,15-16H,13-14H2. The fraction of sp³-hybridized carbons (Fsp3) is 0.0870. The van der Waals surface area contributed by atoms with Crippen LogP contribution in [0.5, 0.6) is 0 Å². The normalized spacial score (nSPS) is 11.6. The van der Waals surface area contributed by atoms with Gasteiger partial charge in [-0.25, -0.2) is 4.99 Å². The molecule has 0 atom stereocenters. The number of rotatable bonds is 6. The number of hydrogen-bond donors (Lipinski definition) is 0. The highest BCUT2D eigenvalue weighted by Crippen LogP contribution is 2.25. The highest BCUT2D eigenvalue weighted by Gasteiger charge is 2.12. The number of aryl methyl sites for hydroxylation is 1. The van der Waals surface area contributed by atoms with Gasteiger partial charge >= 0.3 is 0 Å². The summed E-state index contributed by atoms with van der Waals surface area (Å²) in [7, 11) is 0. The Balaban J connectivity index is 1.78. The van der Waals surface area contributed by atoms with E-state index in [1.54, 1.807) is 12.1 Å². The van der Waals surface area contributed by atoms with Crippen LogP contribution in [0.2, 0.25) is 5.02 Å². The quantitative estimate of drug-likeness (QED) is 0.265. The lowest BCUT2D eigenvalue weighted by Crippen LogP contribution is -2.17. The van der Waals surface area contributed by atoms with E-state index >= 15 is 0 Å². The smallest absolute Gasteiger partial charge is 0.270 e. The molecule has 30 heavy (non-hydrogen) atoms. The van der Waals surface area contributed by atoms with Crippen molar-refractivity contribution in [1.82, 2.24) is 4.57 Å². The number of nitrogens with zero attached hydrogens (tertiary/aromatic N) is 3. The van der Waals surface area contributed by atoms with Gasteiger partial charge in [0.25, 0.3) is 5.69 Å². The molecule has 0 saturated carbocycles. The van der Waals surface area contributed by atoms with E-state index in [0.29, 0.717) is 11.6 Å². The topological polar surface area (TPSA) is 60.4 Å². The van der Waals surface area contributed by atoms with Crippen LogP contribution in [0.15, 0.2) is 89.2 Å². The first kappa shape index (κ1) is 20.1. The zero-order chi connectivity index (χ0) is 20.9. The molecule has 0 radical (unpaired) electrons. The van der Waals surface area contributed by atoms with Gasteiger partial charge < -0.3 is 4.57 Å². The van der Waals surface area contributed by atoms with Crippen molar-refractivity contribution in [2.75, 3.05) is 0 Å². The summed E-state index contributed by atoms with van der Waals surface area (Å²) < 4.78 is 2.12. The average molecular weight is 436 g/mol. The van der Waals surface area contributed by atoms with Crippen molar-refractivity contribution in [2.45, 2.75) is 13.0 Å². The van der Waals surface area contributed by atoms with Gasteiger partial charge in [0.05, 0.1) is 16.3 Å². The number of hydrogen-bond acceptors (Lipinski definition) is 4. The van der Waals surface area contributed by atoms with Crippen molar-refractivity contribution >= 4 is 34.3 Å². The summed E-state index contributed by atoms with van der Waals surface area (Å²) in [6.07, 6.45) is 0.827. The summed E-state index contributed by atoms with van der Waals surface area (Å²) >= 11 is 7.50. The largest absolute Gasteiger partial charge is 0.316 e. The minimum absolute atomic E-state index is 0.0736.